The molecule has 0 atom stereocenters. The van der Waals surface area contributed by atoms with Crippen molar-refractivity contribution in [3.63, 3.8) is 0 Å². The maximum atomic E-state index is 15.1. The van der Waals surface area contributed by atoms with Gasteiger partial charge >= 0.3 is 0 Å². The summed E-state index contributed by atoms with van der Waals surface area (Å²) in [5.41, 5.74) is 7.41. The summed E-state index contributed by atoms with van der Waals surface area (Å²) in [5.74, 6) is 1.26. The number of carbonyl (C=O) groups is 4. The summed E-state index contributed by atoms with van der Waals surface area (Å²) in [6.07, 6.45) is 33.1. The van der Waals surface area contributed by atoms with Crippen LogP contribution in [0, 0.1) is 23.7 Å². The number of rotatable bonds is 14. The van der Waals surface area contributed by atoms with Crippen molar-refractivity contribution >= 4 is 45.8 Å². The molecular formula is C58H70N2O4. The number of anilines is 2. The number of imide groups is 2. The molecule has 336 valence electrons. The molecule has 4 aromatic carbocycles. The molecule has 6 heteroatoms. The summed E-state index contributed by atoms with van der Waals surface area (Å²) in [4.78, 5) is 63.5. The van der Waals surface area contributed by atoms with E-state index in [1.54, 1.807) is 24.3 Å². The number of carbonyl (C=O) groups excluding carboxylic acids is 4. The van der Waals surface area contributed by atoms with E-state index in [1.807, 2.05) is 0 Å². The third-order valence-corrected chi connectivity index (χ3v) is 16.9. The molecular weight excluding hydrogens is 789 g/mol. The van der Waals surface area contributed by atoms with Gasteiger partial charge in [-0.2, -0.15) is 0 Å². The Labute approximate surface area is 381 Å². The van der Waals surface area contributed by atoms with Crippen molar-refractivity contribution in [2.45, 2.75) is 180 Å². The molecule has 0 aromatic heterocycles. The van der Waals surface area contributed by atoms with Crippen LogP contribution in [0.5, 0.6) is 0 Å². The first kappa shape index (κ1) is 43.3. The van der Waals surface area contributed by atoms with Gasteiger partial charge in [0.2, 0.25) is 0 Å². The quantitative estimate of drug-likeness (QED) is 0.118. The maximum Gasteiger partial charge on any atom is 0.266 e. The lowest BCUT2D eigenvalue weighted by Crippen LogP contribution is -2.44. The van der Waals surface area contributed by atoms with E-state index in [-0.39, 0.29) is 23.6 Å². The third kappa shape index (κ3) is 8.64. The molecule has 4 fully saturated rings. The molecule has 4 aliphatic carbocycles. The lowest BCUT2D eigenvalue weighted by atomic mass is 9.82. The molecule has 6 nitrogen and oxygen atoms in total. The molecule has 6 aliphatic rings. The Morgan fingerprint density at radius 2 is 0.562 bits per heavy atom. The van der Waals surface area contributed by atoms with Crippen LogP contribution in [0.1, 0.15) is 218 Å². The van der Waals surface area contributed by atoms with Crippen LogP contribution in [0.3, 0.4) is 0 Å². The van der Waals surface area contributed by atoms with Gasteiger partial charge in [-0.05, 0) is 122 Å². The Morgan fingerprint density at radius 3 is 0.797 bits per heavy atom. The fourth-order valence-electron chi connectivity index (χ4n) is 13.3. The van der Waals surface area contributed by atoms with Crippen molar-refractivity contribution in [2.24, 2.45) is 23.7 Å². The average molecular weight is 859 g/mol. The molecule has 4 saturated carbocycles. The van der Waals surface area contributed by atoms with Crippen molar-refractivity contribution in [1.82, 2.24) is 0 Å². The number of hydrogen-bond donors (Lipinski definition) is 0. The second kappa shape index (κ2) is 19.5. The van der Waals surface area contributed by atoms with Gasteiger partial charge < -0.3 is 0 Å². The van der Waals surface area contributed by atoms with Crippen LogP contribution in [0.25, 0.3) is 10.8 Å². The van der Waals surface area contributed by atoms with Crippen LogP contribution in [0.2, 0.25) is 0 Å². The highest BCUT2D eigenvalue weighted by Gasteiger charge is 2.43. The summed E-state index contributed by atoms with van der Waals surface area (Å²) in [6, 6.07) is 19.9. The highest BCUT2D eigenvalue weighted by molar-refractivity contribution is 6.42. The van der Waals surface area contributed by atoms with Crippen molar-refractivity contribution in [3.05, 3.63) is 105 Å². The van der Waals surface area contributed by atoms with Crippen LogP contribution < -0.4 is 9.80 Å². The van der Waals surface area contributed by atoms with Gasteiger partial charge in [-0.1, -0.05) is 165 Å². The minimum atomic E-state index is -0.356. The molecule has 64 heavy (non-hydrogen) atoms. The second-order valence-electron chi connectivity index (χ2n) is 21.0. The van der Waals surface area contributed by atoms with Crippen molar-refractivity contribution in [2.75, 3.05) is 9.80 Å². The molecule has 4 amide bonds. The van der Waals surface area contributed by atoms with E-state index in [4.69, 9.17) is 0 Å². The minimum Gasteiger partial charge on any atom is -0.268 e. The van der Waals surface area contributed by atoms with E-state index in [0.717, 1.165) is 85.0 Å². The molecule has 10 rings (SSSR count). The first-order valence-electron chi connectivity index (χ1n) is 26.0. The molecule has 0 spiro atoms. The Kier molecular flexibility index (Phi) is 13.2. The summed E-state index contributed by atoms with van der Waals surface area (Å²) in [6.45, 7) is 0. The highest BCUT2D eigenvalue weighted by atomic mass is 16.2. The molecule has 2 aliphatic heterocycles. The maximum absolute atomic E-state index is 15.1. The molecule has 0 radical (unpaired) electrons. The van der Waals surface area contributed by atoms with Gasteiger partial charge in [0.25, 0.3) is 23.6 Å². The summed E-state index contributed by atoms with van der Waals surface area (Å²) >= 11 is 0. The predicted octanol–water partition coefficient (Wildman–Crippen LogP) is 14.5. The molecule has 0 saturated heterocycles. The summed E-state index contributed by atoms with van der Waals surface area (Å²) in [7, 11) is 0. The number of para-hydroxylation sites is 2. The zero-order chi connectivity index (χ0) is 43.6. The van der Waals surface area contributed by atoms with Crippen LogP contribution in [0.4, 0.5) is 11.4 Å². The third-order valence-electron chi connectivity index (χ3n) is 16.9. The summed E-state index contributed by atoms with van der Waals surface area (Å²) in [5, 5.41) is 0.906. The van der Waals surface area contributed by atoms with E-state index >= 15 is 19.2 Å². The predicted molar refractivity (Wildman–Crippen MR) is 259 cm³/mol. The topological polar surface area (TPSA) is 74.8 Å². The van der Waals surface area contributed by atoms with Crippen LogP contribution in [-0.4, -0.2) is 23.6 Å². The van der Waals surface area contributed by atoms with Gasteiger partial charge in [0.15, 0.2) is 0 Å². The fraction of sp³-hybridized carbons (Fsp3) is 0.552. The minimum absolute atomic E-state index is 0.356. The zero-order valence-corrected chi connectivity index (χ0v) is 38.4. The van der Waals surface area contributed by atoms with E-state index in [0.29, 0.717) is 56.7 Å². The number of hydrogen-bond acceptors (Lipinski definition) is 4. The van der Waals surface area contributed by atoms with E-state index < -0.39 is 0 Å². The van der Waals surface area contributed by atoms with Crippen molar-refractivity contribution in [3.8, 4) is 0 Å². The average Bonchev–Trinajstić information content (AvgIpc) is 3.34. The standard InChI is InChI=1S/C58H70N2O4/c61-55-47-35-37-49-52-50(58(64)60(57(49)63)54-45(33-29-41-19-9-3-10-20-41)25-14-26-46(54)34-30-42-21-11-4-12-22-42)38-36-48(51(47)52)56(62)59(55)53-43(31-27-39-15-5-1-6-16-39)23-13-24-44(53)32-28-40-17-7-2-8-18-40/h13-14,23-26,35-42H,1-12,15-22,27-34H2. The van der Waals surface area contributed by atoms with Gasteiger partial charge in [-0.25, -0.2) is 9.80 Å². The number of amides is 4. The SMILES string of the molecule is O=C1c2ccc3c4c(ccc(c24)C(=O)N1c1c(CCC2CCCCC2)cccc1CCC1CCCCC1)C(=O)N(c1c(CCC2CCCCC2)cccc1CCC1CCCCC1)C3=O. The Balaban J connectivity index is 1.00. The van der Waals surface area contributed by atoms with Crippen LogP contribution >= 0.6 is 0 Å². The molecule has 2 heterocycles. The van der Waals surface area contributed by atoms with E-state index in [9.17, 15) is 0 Å². The number of aryl methyl sites for hydroxylation is 4. The monoisotopic (exact) mass is 859 g/mol. The lowest BCUT2D eigenvalue weighted by molar-refractivity contribution is 0.0872. The lowest BCUT2D eigenvalue weighted by Gasteiger charge is -2.35. The van der Waals surface area contributed by atoms with E-state index in [1.165, 1.54) is 138 Å². The largest absolute Gasteiger partial charge is 0.268 e. The zero-order valence-electron chi connectivity index (χ0n) is 38.4. The number of benzene rings is 4. The Hall–Kier alpha value is -4.58. The number of nitrogens with zero attached hydrogens (tertiary/aromatic N) is 2. The van der Waals surface area contributed by atoms with Crippen molar-refractivity contribution < 1.29 is 19.2 Å². The van der Waals surface area contributed by atoms with Gasteiger partial charge in [-0.3, -0.25) is 19.2 Å². The Bertz CT molecular complexity index is 2070. The highest BCUT2D eigenvalue weighted by Crippen LogP contribution is 2.44. The Morgan fingerprint density at radius 1 is 0.328 bits per heavy atom. The molecule has 0 unspecified atom stereocenters. The fourth-order valence-corrected chi connectivity index (χ4v) is 13.3. The first-order valence-corrected chi connectivity index (χ1v) is 26.0. The van der Waals surface area contributed by atoms with Crippen LogP contribution in [0.15, 0.2) is 60.7 Å². The summed E-state index contributed by atoms with van der Waals surface area (Å²) < 4.78 is 0. The van der Waals surface area contributed by atoms with Gasteiger partial charge in [0, 0.05) is 33.0 Å². The molecule has 0 bridgehead atoms. The van der Waals surface area contributed by atoms with E-state index in [2.05, 4.69) is 36.4 Å². The van der Waals surface area contributed by atoms with Crippen molar-refractivity contribution in [1.29, 1.82) is 0 Å². The molecule has 4 aromatic rings. The second-order valence-corrected chi connectivity index (χ2v) is 21.0. The van der Waals surface area contributed by atoms with Crippen LogP contribution in [-0.2, 0) is 25.7 Å². The first-order chi connectivity index (χ1) is 31.4. The molecule has 0 N–H and O–H groups in total. The van der Waals surface area contributed by atoms with Gasteiger partial charge in [0.05, 0.1) is 11.4 Å². The van der Waals surface area contributed by atoms with Gasteiger partial charge in [-0.15, -0.1) is 0 Å². The smallest absolute Gasteiger partial charge is 0.266 e. The normalized spacial score (nSPS) is 20.5. The van der Waals surface area contributed by atoms with Gasteiger partial charge in [0.1, 0.15) is 0 Å².